The van der Waals surface area contributed by atoms with E-state index < -0.39 is 10.0 Å². The maximum Gasteiger partial charge on any atom is 0.252 e. The molecule has 0 amide bonds. The van der Waals surface area contributed by atoms with Gasteiger partial charge in [0.25, 0.3) is 10.0 Å². The lowest BCUT2D eigenvalue weighted by Crippen LogP contribution is -2.29. The van der Waals surface area contributed by atoms with Crippen LogP contribution in [0.1, 0.15) is 11.6 Å². The first-order valence-corrected chi connectivity index (χ1v) is 8.09. The molecule has 0 fully saturated rings. The van der Waals surface area contributed by atoms with Crippen LogP contribution in [0.4, 0.5) is 0 Å². The molecule has 1 aromatic carbocycles. The molecule has 2 heterocycles. The highest BCUT2D eigenvalue weighted by molar-refractivity contribution is 7.91. The molecule has 100 valence electrons. The van der Waals surface area contributed by atoms with E-state index in [4.69, 9.17) is 16.3 Å². The number of halogens is 1. The second-order valence-corrected chi connectivity index (χ2v) is 7.51. The molecule has 1 N–H and O–H groups in total. The zero-order chi connectivity index (χ0) is 13.5. The highest BCUT2D eigenvalue weighted by Crippen LogP contribution is 2.33. The fourth-order valence-electron chi connectivity index (χ4n) is 1.87. The summed E-state index contributed by atoms with van der Waals surface area (Å²) in [6.07, 6.45) is 1.25. The number of sulfonamides is 1. The van der Waals surface area contributed by atoms with Gasteiger partial charge < -0.3 is 4.74 Å². The lowest BCUT2D eigenvalue weighted by Gasteiger charge is -2.10. The Labute approximate surface area is 119 Å². The van der Waals surface area contributed by atoms with Crippen LogP contribution in [0, 0.1) is 0 Å². The molecule has 1 atom stereocenters. The van der Waals surface area contributed by atoms with E-state index in [0.29, 0.717) is 5.75 Å². The van der Waals surface area contributed by atoms with Gasteiger partial charge >= 0.3 is 0 Å². The number of para-hydroxylation sites is 1. The smallest absolute Gasteiger partial charge is 0.252 e. The van der Waals surface area contributed by atoms with Crippen molar-refractivity contribution in [3.05, 3.63) is 40.5 Å². The monoisotopic (exact) mass is 316 g/mol. The van der Waals surface area contributed by atoms with E-state index in [0.717, 1.165) is 16.9 Å². The minimum atomic E-state index is -3.62. The number of aromatic nitrogens is 1. The molecule has 2 aromatic rings. The van der Waals surface area contributed by atoms with E-state index in [1.807, 2.05) is 24.3 Å². The summed E-state index contributed by atoms with van der Waals surface area (Å²) in [4.78, 5) is 3.74. The third-order valence-electron chi connectivity index (χ3n) is 2.72. The number of thiazole rings is 1. The standard InChI is InChI=1S/C11H9ClN2O3S2/c12-11-13-5-10(18-11)19(15,16)14-8-6-17-9-4-2-1-3-7(8)9/h1-5,8,14H,6H2. The number of rotatable bonds is 3. The van der Waals surface area contributed by atoms with Crippen LogP contribution in [-0.4, -0.2) is 20.0 Å². The average Bonchev–Trinajstić information content (AvgIpc) is 2.97. The molecule has 0 saturated heterocycles. The summed E-state index contributed by atoms with van der Waals surface area (Å²) in [7, 11) is -3.62. The minimum Gasteiger partial charge on any atom is -0.491 e. The molecule has 5 nitrogen and oxygen atoms in total. The number of nitrogens with one attached hydrogen (secondary N) is 1. The van der Waals surface area contributed by atoms with Gasteiger partial charge in [-0.05, 0) is 6.07 Å². The van der Waals surface area contributed by atoms with Crippen LogP contribution >= 0.6 is 22.9 Å². The number of hydrogen-bond acceptors (Lipinski definition) is 5. The van der Waals surface area contributed by atoms with Gasteiger partial charge in [0.1, 0.15) is 12.4 Å². The van der Waals surface area contributed by atoms with Crippen molar-refractivity contribution in [3.63, 3.8) is 0 Å². The summed E-state index contributed by atoms with van der Waals surface area (Å²) in [6.45, 7) is 0.283. The van der Waals surface area contributed by atoms with Crippen LogP contribution in [0.25, 0.3) is 0 Å². The summed E-state index contributed by atoms with van der Waals surface area (Å²) < 4.78 is 32.6. The maximum absolute atomic E-state index is 12.2. The van der Waals surface area contributed by atoms with E-state index in [2.05, 4.69) is 9.71 Å². The Morgan fingerprint density at radius 2 is 2.21 bits per heavy atom. The number of benzene rings is 1. The molecular formula is C11H9ClN2O3S2. The third-order valence-corrected chi connectivity index (χ3v) is 5.77. The van der Waals surface area contributed by atoms with Crippen LogP contribution in [0.15, 0.2) is 34.7 Å². The zero-order valence-corrected chi connectivity index (χ0v) is 11.9. The van der Waals surface area contributed by atoms with Gasteiger partial charge in [0.2, 0.25) is 0 Å². The Balaban J connectivity index is 1.87. The molecule has 1 aliphatic heterocycles. The molecule has 1 unspecified atom stereocenters. The Bertz CT molecular complexity index is 714. The van der Waals surface area contributed by atoms with Crippen molar-refractivity contribution in [2.45, 2.75) is 10.3 Å². The topological polar surface area (TPSA) is 68.3 Å². The summed E-state index contributed by atoms with van der Waals surface area (Å²) in [5.41, 5.74) is 0.835. The molecule has 1 aromatic heterocycles. The van der Waals surface area contributed by atoms with Crippen molar-refractivity contribution in [1.29, 1.82) is 0 Å². The van der Waals surface area contributed by atoms with Crippen LogP contribution in [0.3, 0.4) is 0 Å². The van der Waals surface area contributed by atoms with Gasteiger partial charge in [-0.1, -0.05) is 41.1 Å². The summed E-state index contributed by atoms with van der Waals surface area (Å²) in [6, 6.07) is 6.96. The summed E-state index contributed by atoms with van der Waals surface area (Å²) in [5.74, 6) is 0.706. The third kappa shape index (κ3) is 2.46. The van der Waals surface area contributed by atoms with E-state index >= 15 is 0 Å². The first-order valence-electron chi connectivity index (χ1n) is 5.42. The lowest BCUT2D eigenvalue weighted by atomic mass is 10.1. The van der Waals surface area contributed by atoms with Crippen LogP contribution < -0.4 is 9.46 Å². The van der Waals surface area contributed by atoms with Crippen molar-refractivity contribution in [2.75, 3.05) is 6.61 Å². The summed E-state index contributed by atoms with van der Waals surface area (Å²) >= 11 is 6.58. The van der Waals surface area contributed by atoms with Crippen molar-refractivity contribution >= 4 is 33.0 Å². The molecule has 0 aliphatic carbocycles. The molecule has 1 aliphatic rings. The van der Waals surface area contributed by atoms with Gasteiger partial charge in [-0.3, -0.25) is 0 Å². The van der Waals surface area contributed by atoms with Gasteiger partial charge in [0, 0.05) is 5.56 Å². The van der Waals surface area contributed by atoms with Crippen molar-refractivity contribution in [1.82, 2.24) is 9.71 Å². The second kappa shape index (κ2) is 4.75. The van der Waals surface area contributed by atoms with Crippen LogP contribution in [0.2, 0.25) is 4.47 Å². The second-order valence-electron chi connectivity index (χ2n) is 3.95. The minimum absolute atomic E-state index is 0.0990. The largest absolute Gasteiger partial charge is 0.491 e. The van der Waals surface area contributed by atoms with E-state index in [1.54, 1.807) is 0 Å². The molecule has 3 rings (SSSR count). The lowest BCUT2D eigenvalue weighted by molar-refractivity contribution is 0.325. The quantitative estimate of drug-likeness (QED) is 0.942. The van der Waals surface area contributed by atoms with E-state index in [1.165, 1.54) is 6.20 Å². The number of fused-ring (bicyclic) bond motifs is 1. The first kappa shape index (κ1) is 12.9. The number of hydrogen-bond donors (Lipinski definition) is 1. The van der Waals surface area contributed by atoms with Gasteiger partial charge in [-0.15, -0.1) is 0 Å². The predicted molar refractivity (Wildman–Crippen MR) is 72.1 cm³/mol. The van der Waals surface area contributed by atoms with Gasteiger partial charge in [0.15, 0.2) is 8.68 Å². The Kier molecular flexibility index (Phi) is 3.22. The predicted octanol–water partition coefficient (Wildman–Crippen LogP) is 2.21. The highest BCUT2D eigenvalue weighted by atomic mass is 35.5. The SMILES string of the molecule is O=S(=O)(NC1COc2ccccc21)c1cnc(Cl)s1. The highest BCUT2D eigenvalue weighted by Gasteiger charge is 2.29. The summed E-state index contributed by atoms with van der Waals surface area (Å²) in [5, 5.41) is 0. The number of nitrogens with zero attached hydrogens (tertiary/aromatic N) is 1. The van der Waals surface area contributed by atoms with Gasteiger partial charge in [-0.2, -0.15) is 4.72 Å². The van der Waals surface area contributed by atoms with Gasteiger partial charge in [-0.25, -0.2) is 13.4 Å². The van der Waals surface area contributed by atoms with Crippen LogP contribution in [-0.2, 0) is 10.0 Å². The van der Waals surface area contributed by atoms with Crippen molar-refractivity contribution in [3.8, 4) is 5.75 Å². The maximum atomic E-state index is 12.2. The normalized spacial score (nSPS) is 18.1. The first-order chi connectivity index (χ1) is 9.06. The zero-order valence-electron chi connectivity index (χ0n) is 9.54. The fraction of sp³-hybridized carbons (Fsp3) is 0.182. The average molecular weight is 317 g/mol. The molecule has 0 saturated carbocycles. The Morgan fingerprint density at radius 3 is 2.95 bits per heavy atom. The molecular weight excluding hydrogens is 308 g/mol. The molecule has 8 heteroatoms. The van der Waals surface area contributed by atoms with Crippen molar-refractivity contribution in [2.24, 2.45) is 0 Å². The van der Waals surface area contributed by atoms with E-state index in [9.17, 15) is 8.42 Å². The molecule has 0 radical (unpaired) electrons. The molecule has 0 spiro atoms. The van der Waals surface area contributed by atoms with E-state index in [-0.39, 0.29) is 21.3 Å². The van der Waals surface area contributed by atoms with Crippen molar-refractivity contribution < 1.29 is 13.2 Å². The molecule has 0 bridgehead atoms. The number of ether oxygens (including phenoxy) is 1. The van der Waals surface area contributed by atoms with Crippen LogP contribution in [0.5, 0.6) is 5.75 Å². The fourth-order valence-corrected chi connectivity index (χ4v) is 4.38. The Morgan fingerprint density at radius 1 is 1.42 bits per heavy atom. The Hall–Kier alpha value is -1.15. The van der Waals surface area contributed by atoms with Gasteiger partial charge in [0.05, 0.1) is 12.2 Å². The molecule has 19 heavy (non-hydrogen) atoms.